The van der Waals surface area contributed by atoms with E-state index < -0.39 is 0 Å². The molecule has 2 aromatic carbocycles. The highest BCUT2D eigenvalue weighted by atomic mass is 79.9. The Balaban J connectivity index is 2.00. The summed E-state index contributed by atoms with van der Waals surface area (Å²) in [5.41, 5.74) is 3.37. The molecule has 0 bridgehead atoms. The smallest absolute Gasteiger partial charge is 0.248 e. The van der Waals surface area contributed by atoms with Crippen LogP contribution in [0.15, 0.2) is 53.0 Å². The molecule has 0 aliphatic carbocycles. The maximum Gasteiger partial charge on any atom is 0.248 e. The third kappa shape index (κ3) is 5.38. The summed E-state index contributed by atoms with van der Waals surface area (Å²) in [7, 11) is 0. The van der Waals surface area contributed by atoms with Gasteiger partial charge in [-0.15, -0.1) is 0 Å². The number of hydrogen-bond acceptors (Lipinski definition) is 2. The summed E-state index contributed by atoms with van der Waals surface area (Å²) in [6.07, 6.45) is 3.20. The van der Waals surface area contributed by atoms with Crippen molar-refractivity contribution in [3.63, 3.8) is 0 Å². The molecular weight excluding hydrogens is 356 g/mol. The highest BCUT2D eigenvalue weighted by molar-refractivity contribution is 9.10. The molecule has 2 rings (SSSR count). The van der Waals surface area contributed by atoms with E-state index in [-0.39, 0.29) is 11.8 Å². The van der Waals surface area contributed by atoms with Gasteiger partial charge in [-0.05, 0) is 48.4 Å². The number of benzene rings is 2. The van der Waals surface area contributed by atoms with Gasteiger partial charge >= 0.3 is 0 Å². The zero-order valence-corrected chi connectivity index (χ0v) is 14.5. The van der Waals surface area contributed by atoms with Crippen molar-refractivity contribution in [3.05, 3.63) is 64.1 Å². The molecule has 2 N–H and O–H groups in total. The monoisotopic (exact) mass is 372 g/mol. The summed E-state index contributed by atoms with van der Waals surface area (Å²) >= 11 is 3.39. The van der Waals surface area contributed by atoms with Crippen LogP contribution in [0.2, 0.25) is 0 Å². The normalized spacial score (nSPS) is 10.6. The van der Waals surface area contributed by atoms with Crippen LogP contribution in [0, 0.1) is 6.92 Å². The van der Waals surface area contributed by atoms with Crippen LogP contribution in [-0.4, -0.2) is 11.8 Å². The predicted molar refractivity (Wildman–Crippen MR) is 97.3 cm³/mol. The van der Waals surface area contributed by atoms with Crippen LogP contribution in [0.1, 0.15) is 18.1 Å². The summed E-state index contributed by atoms with van der Waals surface area (Å²) in [6.45, 7) is 3.40. The molecule has 0 aliphatic heterocycles. The molecule has 23 heavy (non-hydrogen) atoms. The number of carbonyl (C=O) groups is 2. The zero-order valence-electron chi connectivity index (χ0n) is 12.9. The highest BCUT2D eigenvalue weighted by Crippen LogP contribution is 2.20. The minimum atomic E-state index is -0.197. The number of aryl methyl sites for hydroxylation is 1. The van der Waals surface area contributed by atoms with E-state index in [1.54, 1.807) is 18.2 Å². The van der Waals surface area contributed by atoms with E-state index in [0.717, 1.165) is 27.0 Å². The van der Waals surface area contributed by atoms with Crippen molar-refractivity contribution in [2.75, 3.05) is 10.6 Å². The molecule has 118 valence electrons. The van der Waals surface area contributed by atoms with E-state index in [9.17, 15) is 9.59 Å². The lowest BCUT2D eigenvalue weighted by atomic mass is 10.2. The molecule has 5 heteroatoms. The van der Waals surface area contributed by atoms with Crippen molar-refractivity contribution >= 4 is 45.2 Å². The number of halogens is 1. The minimum Gasteiger partial charge on any atom is -0.326 e. The molecule has 0 saturated heterocycles. The number of nitrogens with one attached hydrogen (secondary N) is 2. The molecule has 2 amide bonds. The van der Waals surface area contributed by atoms with Gasteiger partial charge in [0, 0.05) is 28.8 Å². The van der Waals surface area contributed by atoms with Crippen LogP contribution in [0.5, 0.6) is 0 Å². The molecule has 0 radical (unpaired) electrons. The molecule has 0 saturated carbocycles. The molecule has 0 atom stereocenters. The van der Waals surface area contributed by atoms with E-state index in [1.807, 2.05) is 37.3 Å². The zero-order chi connectivity index (χ0) is 16.8. The number of rotatable bonds is 4. The Labute approximate surface area is 143 Å². The molecule has 0 aliphatic rings. The summed E-state index contributed by atoms with van der Waals surface area (Å²) in [6, 6.07) is 13.0. The Morgan fingerprint density at radius 2 is 1.74 bits per heavy atom. The molecule has 0 aromatic heterocycles. The molecular formula is C18H17BrN2O2. The molecule has 0 spiro atoms. The van der Waals surface area contributed by atoms with Gasteiger partial charge in [0.1, 0.15) is 0 Å². The first-order valence-corrected chi connectivity index (χ1v) is 7.86. The summed E-state index contributed by atoms with van der Waals surface area (Å²) in [4.78, 5) is 22.9. The average molecular weight is 373 g/mol. The van der Waals surface area contributed by atoms with Gasteiger partial charge in [0.15, 0.2) is 0 Å². The quantitative estimate of drug-likeness (QED) is 0.782. The Hall–Kier alpha value is -2.40. The largest absolute Gasteiger partial charge is 0.326 e. The second-order valence-corrected chi connectivity index (χ2v) is 6.00. The maximum atomic E-state index is 12.0. The van der Waals surface area contributed by atoms with Crippen LogP contribution in [0.25, 0.3) is 6.08 Å². The average Bonchev–Trinajstić information content (AvgIpc) is 2.50. The third-order valence-corrected chi connectivity index (χ3v) is 3.61. The molecule has 4 nitrogen and oxygen atoms in total. The summed E-state index contributed by atoms with van der Waals surface area (Å²) < 4.78 is 0.913. The van der Waals surface area contributed by atoms with E-state index in [0.29, 0.717) is 0 Å². The Kier molecular flexibility index (Phi) is 5.71. The molecule has 0 heterocycles. The topological polar surface area (TPSA) is 58.2 Å². The lowest BCUT2D eigenvalue weighted by molar-refractivity contribution is -0.114. The van der Waals surface area contributed by atoms with Gasteiger partial charge in [0.2, 0.25) is 11.8 Å². The summed E-state index contributed by atoms with van der Waals surface area (Å²) in [5.74, 6) is -0.311. The lowest BCUT2D eigenvalue weighted by Crippen LogP contribution is -2.08. The molecule has 0 fully saturated rings. The number of amides is 2. The SMILES string of the molecule is CC(=O)Nc1ccc(/C=C/C(=O)Nc2cc(Br)ccc2C)cc1. The standard InChI is InChI=1S/C18H17BrN2O2/c1-12-3-7-15(19)11-17(12)21-18(23)10-6-14-4-8-16(9-5-14)20-13(2)22/h3-11H,1-2H3,(H,20,22)(H,21,23)/b10-6+. The Morgan fingerprint density at radius 1 is 1.04 bits per heavy atom. The first-order chi connectivity index (χ1) is 10.9. The van der Waals surface area contributed by atoms with Crippen LogP contribution >= 0.6 is 15.9 Å². The first kappa shape index (κ1) is 17.0. The fraction of sp³-hybridized carbons (Fsp3) is 0.111. The van der Waals surface area contributed by atoms with E-state index in [2.05, 4.69) is 26.6 Å². The van der Waals surface area contributed by atoms with Crippen LogP contribution in [0.3, 0.4) is 0 Å². The van der Waals surface area contributed by atoms with E-state index >= 15 is 0 Å². The second-order valence-electron chi connectivity index (χ2n) is 5.09. The van der Waals surface area contributed by atoms with Crippen molar-refractivity contribution in [1.29, 1.82) is 0 Å². The molecule has 2 aromatic rings. The second kappa shape index (κ2) is 7.74. The highest BCUT2D eigenvalue weighted by Gasteiger charge is 2.02. The van der Waals surface area contributed by atoms with Crippen LogP contribution < -0.4 is 10.6 Å². The van der Waals surface area contributed by atoms with E-state index in [4.69, 9.17) is 0 Å². The fourth-order valence-electron chi connectivity index (χ4n) is 1.96. The minimum absolute atomic E-state index is 0.114. The van der Waals surface area contributed by atoms with Gasteiger partial charge in [-0.3, -0.25) is 9.59 Å². The van der Waals surface area contributed by atoms with Gasteiger partial charge in [-0.25, -0.2) is 0 Å². The van der Waals surface area contributed by atoms with Crippen molar-refractivity contribution in [2.24, 2.45) is 0 Å². The van der Waals surface area contributed by atoms with Gasteiger partial charge in [0.05, 0.1) is 0 Å². The van der Waals surface area contributed by atoms with Crippen molar-refractivity contribution in [1.82, 2.24) is 0 Å². The summed E-state index contributed by atoms with van der Waals surface area (Å²) in [5, 5.41) is 5.54. The van der Waals surface area contributed by atoms with Gasteiger partial charge in [-0.2, -0.15) is 0 Å². The molecule has 0 unspecified atom stereocenters. The number of carbonyl (C=O) groups excluding carboxylic acids is 2. The Bertz CT molecular complexity index is 752. The van der Waals surface area contributed by atoms with E-state index in [1.165, 1.54) is 13.0 Å². The fourth-order valence-corrected chi connectivity index (χ4v) is 2.32. The first-order valence-electron chi connectivity index (χ1n) is 7.07. The number of anilines is 2. The lowest BCUT2D eigenvalue weighted by Gasteiger charge is -2.06. The van der Waals surface area contributed by atoms with Crippen LogP contribution in [0.4, 0.5) is 11.4 Å². The van der Waals surface area contributed by atoms with Crippen molar-refractivity contribution in [2.45, 2.75) is 13.8 Å². The van der Waals surface area contributed by atoms with Gasteiger partial charge in [0.25, 0.3) is 0 Å². The number of hydrogen-bond donors (Lipinski definition) is 2. The third-order valence-electron chi connectivity index (χ3n) is 3.12. The van der Waals surface area contributed by atoms with Crippen LogP contribution in [-0.2, 0) is 9.59 Å². The predicted octanol–water partition coefficient (Wildman–Crippen LogP) is 4.37. The maximum absolute atomic E-state index is 12.0. The Morgan fingerprint density at radius 3 is 2.39 bits per heavy atom. The van der Waals surface area contributed by atoms with Crippen molar-refractivity contribution < 1.29 is 9.59 Å². The van der Waals surface area contributed by atoms with Crippen molar-refractivity contribution in [3.8, 4) is 0 Å². The van der Waals surface area contributed by atoms with Gasteiger partial charge < -0.3 is 10.6 Å². The van der Waals surface area contributed by atoms with Gasteiger partial charge in [-0.1, -0.05) is 34.1 Å².